The van der Waals surface area contributed by atoms with Crippen LogP contribution in [0, 0.1) is 0 Å². The van der Waals surface area contributed by atoms with E-state index < -0.39 is 5.60 Å². The summed E-state index contributed by atoms with van der Waals surface area (Å²) in [4.78, 5) is 24.7. The number of aldehydes is 1. The van der Waals surface area contributed by atoms with Gasteiger partial charge in [0.25, 0.3) is 0 Å². The molecule has 1 aliphatic heterocycles. The molecule has 1 aromatic heterocycles. The number of amides is 1. The molecule has 0 radical (unpaired) electrons. The van der Waals surface area contributed by atoms with E-state index in [1.807, 2.05) is 26.8 Å². The van der Waals surface area contributed by atoms with Crippen LogP contribution < -0.4 is 0 Å². The first kappa shape index (κ1) is 15.7. The van der Waals surface area contributed by atoms with Crippen molar-refractivity contribution in [1.82, 2.24) is 14.5 Å². The summed E-state index contributed by atoms with van der Waals surface area (Å²) in [6.07, 6.45) is 4.72. The van der Waals surface area contributed by atoms with Gasteiger partial charge in [0, 0.05) is 19.3 Å². The van der Waals surface area contributed by atoms with Gasteiger partial charge < -0.3 is 9.64 Å². The summed E-state index contributed by atoms with van der Waals surface area (Å²) < 4.78 is 6.89. The molecule has 0 aromatic carbocycles. The Hall–Kier alpha value is -1.68. The lowest BCUT2D eigenvalue weighted by atomic mass is 10.0. The standard InChI is InChI=1S/C14H20N3O3P/c1-14(2,3)20-13(19)16-6-4-10(5-7-16)12-11(9-18)8-17(21)15-12/h4,8-9H,5-7,21H2,1-3H3. The van der Waals surface area contributed by atoms with Crippen LogP contribution in [0.1, 0.15) is 43.2 Å². The summed E-state index contributed by atoms with van der Waals surface area (Å²) in [5.41, 5.74) is 1.73. The molecule has 1 aromatic rings. The molecule has 0 saturated heterocycles. The highest BCUT2D eigenvalue weighted by Crippen LogP contribution is 2.24. The first-order valence-electron chi connectivity index (χ1n) is 6.77. The van der Waals surface area contributed by atoms with Crippen molar-refractivity contribution in [2.45, 2.75) is 32.8 Å². The molecule has 0 saturated carbocycles. The van der Waals surface area contributed by atoms with Crippen LogP contribution in [0.2, 0.25) is 0 Å². The van der Waals surface area contributed by atoms with Crippen LogP contribution in [0.4, 0.5) is 4.79 Å². The van der Waals surface area contributed by atoms with Crippen molar-refractivity contribution < 1.29 is 14.3 Å². The fourth-order valence-electron chi connectivity index (χ4n) is 2.12. The number of ether oxygens (including phenoxy) is 1. The molecule has 1 aliphatic rings. The van der Waals surface area contributed by atoms with E-state index in [9.17, 15) is 9.59 Å². The maximum absolute atomic E-state index is 12.0. The topological polar surface area (TPSA) is 64.4 Å². The van der Waals surface area contributed by atoms with E-state index in [-0.39, 0.29) is 6.09 Å². The highest BCUT2D eigenvalue weighted by atomic mass is 31.0. The third-order valence-corrected chi connectivity index (χ3v) is 3.32. The van der Waals surface area contributed by atoms with Crippen LogP contribution in [0.25, 0.3) is 5.57 Å². The average Bonchev–Trinajstić information content (AvgIpc) is 2.78. The van der Waals surface area contributed by atoms with Gasteiger partial charge in [-0.3, -0.25) is 9.25 Å². The van der Waals surface area contributed by atoms with Crippen molar-refractivity contribution in [2.24, 2.45) is 0 Å². The van der Waals surface area contributed by atoms with Crippen LogP contribution in [0.5, 0.6) is 0 Å². The average molecular weight is 309 g/mol. The van der Waals surface area contributed by atoms with Crippen molar-refractivity contribution in [1.29, 1.82) is 0 Å². The zero-order valence-corrected chi connectivity index (χ0v) is 13.7. The lowest BCUT2D eigenvalue weighted by Crippen LogP contribution is -2.39. The molecule has 0 bridgehead atoms. The van der Waals surface area contributed by atoms with Gasteiger partial charge in [-0.1, -0.05) is 6.08 Å². The van der Waals surface area contributed by atoms with Crippen LogP contribution in [0.3, 0.4) is 0 Å². The van der Waals surface area contributed by atoms with E-state index in [0.29, 0.717) is 30.8 Å². The molecule has 114 valence electrons. The number of hydrogen-bond acceptors (Lipinski definition) is 4. The quantitative estimate of drug-likeness (QED) is 0.621. The Labute approximate surface area is 126 Å². The Morgan fingerprint density at radius 1 is 1.48 bits per heavy atom. The predicted molar refractivity (Wildman–Crippen MR) is 83.1 cm³/mol. The molecular weight excluding hydrogens is 289 g/mol. The number of hydrogen-bond donors (Lipinski definition) is 0. The Morgan fingerprint density at radius 2 is 2.19 bits per heavy atom. The fourth-order valence-corrected chi connectivity index (χ4v) is 2.39. The van der Waals surface area contributed by atoms with Crippen molar-refractivity contribution >= 4 is 27.3 Å². The molecule has 1 atom stereocenters. The Kier molecular flexibility index (Phi) is 4.47. The van der Waals surface area contributed by atoms with Gasteiger partial charge in [0.1, 0.15) is 5.60 Å². The minimum absolute atomic E-state index is 0.315. The number of aromatic nitrogens is 2. The molecule has 1 unspecified atom stereocenters. The van der Waals surface area contributed by atoms with Gasteiger partial charge in [0.15, 0.2) is 6.29 Å². The summed E-state index contributed by atoms with van der Waals surface area (Å²) in [6, 6.07) is 0. The third kappa shape index (κ3) is 3.91. The van der Waals surface area contributed by atoms with Gasteiger partial charge in [-0.15, -0.1) is 0 Å². The SMILES string of the molecule is CC(C)(C)OC(=O)N1CC=C(c2nn(P)cc2C=O)CC1. The number of nitrogens with zero attached hydrogens (tertiary/aromatic N) is 3. The Balaban J connectivity index is 2.08. The molecule has 0 fully saturated rings. The van der Waals surface area contributed by atoms with E-state index in [1.165, 1.54) is 0 Å². The second-order valence-corrected chi connectivity index (χ2v) is 6.47. The zero-order chi connectivity index (χ0) is 15.6. The summed E-state index contributed by atoms with van der Waals surface area (Å²) in [7, 11) is 2.41. The van der Waals surface area contributed by atoms with Crippen LogP contribution in [-0.2, 0) is 4.74 Å². The zero-order valence-electron chi connectivity index (χ0n) is 12.5. The fraction of sp³-hybridized carbons (Fsp3) is 0.500. The maximum Gasteiger partial charge on any atom is 0.410 e. The number of rotatable bonds is 2. The third-order valence-electron chi connectivity index (χ3n) is 3.05. The predicted octanol–water partition coefficient (Wildman–Crippen LogP) is 2.36. The summed E-state index contributed by atoms with van der Waals surface area (Å²) >= 11 is 0. The van der Waals surface area contributed by atoms with Crippen molar-refractivity contribution in [3.63, 3.8) is 0 Å². The van der Waals surface area contributed by atoms with Crippen molar-refractivity contribution in [3.8, 4) is 0 Å². The summed E-state index contributed by atoms with van der Waals surface area (Å²) in [5, 5.41) is 4.28. The van der Waals surface area contributed by atoms with E-state index in [4.69, 9.17) is 4.74 Å². The van der Waals surface area contributed by atoms with Gasteiger partial charge in [0.2, 0.25) is 0 Å². The minimum atomic E-state index is -0.496. The molecule has 2 rings (SSSR count). The Morgan fingerprint density at radius 3 is 2.71 bits per heavy atom. The van der Waals surface area contributed by atoms with Gasteiger partial charge in [0.05, 0.1) is 11.3 Å². The molecule has 6 nitrogen and oxygen atoms in total. The van der Waals surface area contributed by atoms with Crippen LogP contribution in [0.15, 0.2) is 12.3 Å². The van der Waals surface area contributed by atoms with Gasteiger partial charge in [-0.05, 0) is 42.2 Å². The maximum atomic E-state index is 12.0. The van der Waals surface area contributed by atoms with Crippen molar-refractivity contribution in [3.05, 3.63) is 23.5 Å². The molecule has 0 spiro atoms. The summed E-state index contributed by atoms with van der Waals surface area (Å²) in [6.45, 7) is 6.56. The molecule has 0 N–H and O–H groups in total. The summed E-state index contributed by atoms with van der Waals surface area (Å²) in [5.74, 6) is 0. The van der Waals surface area contributed by atoms with E-state index in [0.717, 1.165) is 11.9 Å². The first-order valence-corrected chi connectivity index (χ1v) is 7.29. The normalized spacial score (nSPS) is 15.6. The molecule has 2 heterocycles. The van der Waals surface area contributed by atoms with Gasteiger partial charge >= 0.3 is 6.09 Å². The molecule has 21 heavy (non-hydrogen) atoms. The number of carbonyl (C=O) groups excluding carboxylic acids is 2. The van der Waals surface area contributed by atoms with Crippen LogP contribution in [-0.4, -0.2) is 45.5 Å². The highest BCUT2D eigenvalue weighted by Gasteiger charge is 2.25. The second kappa shape index (κ2) is 5.98. The first-order chi connectivity index (χ1) is 9.80. The molecular formula is C14H20N3O3P. The largest absolute Gasteiger partial charge is 0.444 e. The smallest absolute Gasteiger partial charge is 0.410 e. The second-order valence-electron chi connectivity index (χ2n) is 5.94. The molecule has 1 amide bonds. The van der Waals surface area contributed by atoms with E-state index in [1.54, 1.807) is 15.5 Å². The Bertz CT molecular complexity index is 587. The lowest BCUT2D eigenvalue weighted by Gasteiger charge is -2.29. The van der Waals surface area contributed by atoms with Gasteiger partial charge in [-0.25, -0.2) is 4.79 Å². The van der Waals surface area contributed by atoms with Gasteiger partial charge in [-0.2, -0.15) is 5.10 Å². The monoisotopic (exact) mass is 309 g/mol. The molecule has 0 aliphatic carbocycles. The minimum Gasteiger partial charge on any atom is -0.444 e. The van der Waals surface area contributed by atoms with Crippen LogP contribution >= 0.6 is 9.39 Å². The highest BCUT2D eigenvalue weighted by molar-refractivity contribution is 7.14. The van der Waals surface area contributed by atoms with E-state index in [2.05, 4.69) is 14.5 Å². The van der Waals surface area contributed by atoms with E-state index >= 15 is 0 Å². The number of carbonyl (C=O) groups is 2. The molecule has 7 heteroatoms. The van der Waals surface area contributed by atoms with Crippen molar-refractivity contribution in [2.75, 3.05) is 13.1 Å². The lowest BCUT2D eigenvalue weighted by molar-refractivity contribution is 0.0270.